The Morgan fingerprint density at radius 1 is 1.11 bits per heavy atom. The Balaban J connectivity index is 1.47. The lowest BCUT2D eigenvalue weighted by molar-refractivity contribution is -0.163. The van der Waals surface area contributed by atoms with E-state index in [1.54, 1.807) is 4.90 Å². The Bertz CT molecular complexity index is 914. The van der Waals surface area contributed by atoms with Gasteiger partial charge in [-0.1, -0.05) is 17.7 Å². The van der Waals surface area contributed by atoms with Crippen LogP contribution < -0.4 is 9.64 Å². The zero-order valence-electron chi connectivity index (χ0n) is 14.6. The van der Waals surface area contributed by atoms with Gasteiger partial charge in [-0.15, -0.1) is 0 Å². The van der Waals surface area contributed by atoms with Gasteiger partial charge in [-0.05, 0) is 29.7 Å². The Labute approximate surface area is 161 Å². The Morgan fingerprint density at radius 2 is 1.96 bits per heavy atom. The van der Waals surface area contributed by atoms with Gasteiger partial charge in [0.05, 0.1) is 19.8 Å². The number of carbonyl (C=O) groups excluding carboxylic acids is 1. The number of amides is 1. The number of aromatic nitrogens is 2. The van der Waals surface area contributed by atoms with E-state index in [9.17, 15) is 4.79 Å². The number of nitrogens with zero attached hydrogens (tertiary/aromatic N) is 3. The van der Waals surface area contributed by atoms with E-state index < -0.39 is 5.79 Å². The molecular weight excluding hydrogens is 370 g/mol. The van der Waals surface area contributed by atoms with Gasteiger partial charge in [-0.3, -0.25) is 4.79 Å². The molecule has 0 N–H and O–H groups in total. The van der Waals surface area contributed by atoms with Crippen LogP contribution in [0.3, 0.4) is 0 Å². The maximum atomic E-state index is 13.1. The van der Waals surface area contributed by atoms with Gasteiger partial charge >= 0.3 is 0 Å². The molecule has 3 aliphatic rings. The van der Waals surface area contributed by atoms with Crippen molar-refractivity contribution in [2.24, 2.45) is 0 Å². The highest BCUT2D eigenvalue weighted by atomic mass is 35.5. The molecule has 1 saturated heterocycles. The van der Waals surface area contributed by atoms with Gasteiger partial charge in [0.15, 0.2) is 5.79 Å². The smallest absolute Gasteiger partial charge is 0.267 e. The van der Waals surface area contributed by atoms with Crippen molar-refractivity contribution >= 4 is 23.2 Å². The monoisotopic (exact) mass is 387 g/mol. The molecule has 0 unspecified atom stereocenters. The highest BCUT2D eigenvalue weighted by Gasteiger charge is 2.40. The normalized spacial score (nSPS) is 20.8. The van der Waals surface area contributed by atoms with E-state index in [4.69, 9.17) is 25.8 Å². The van der Waals surface area contributed by atoms with Crippen LogP contribution in [0.5, 0.6) is 5.88 Å². The number of hydrogen-bond donors (Lipinski definition) is 0. The van der Waals surface area contributed by atoms with E-state index in [-0.39, 0.29) is 22.5 Å². The molecule has 7 nitrogen and oxygen atoms in total. The van der Waals surface area contributed by atoms with Gasteiger partial charge in [-0.25, -0.2) is 9.97 Å². The standard InChI is InChI=1S/C19H18ClN3O4/c20-16-15-17(22-11-21-16)25-6-5-23(18(15)24)14-2-1-13-10-19(26-7-8-27-19)4-3-12(13)9-14/h1-2,9,11H,3-8,10H2. The van der Waals surface area contributed by atoms with Gasteiger partial charge in [0, 0.05) is 18.5 Å². The molecule has 1 aliphatic carbocycles. The summed E-state index contributed by atoms with van der Waals surface area (Å²) in [6.45, 7) is 2.06. The largest absolute Gasteiger partial charge is 0.475 e. The number of fused-ring (bicyclic) bond motifs is 2. The molecule has 3 heterocycles. The van der Waals surface area contributed by atoms with Crippen molar-refractivity contribution in [3.63, 3.8) is 0 Å². The molecule has 2 aromatic rings. The third kappa shape index (κ3) is 2.86. The molecule has 1 fully saturated rings. The second kappa shape index (κ2) is 6.44. The summed E-state index contributed by atoms with van der Waals surface area (Å²) in [5, 5.41) is 0.104. The van der Waals surface area contributed by atoms with E-state index in [1.165, 1.54) is 17.5 Å². The molecule has 1 aromatic heterocycles. The molecule has 5 rings (SSSR count). The summed E-state index contributed by atoms with van der Waals surface area (Å²) in [7, 11) is 0. The molecule has 0 bridgehead atoms. The van der Waals surface area contributed by atoms with Crippen LogP contribution in [0, 0.1) is 0 Å². The molecule has 2 aliphatic heterocycles. The molecule has 1 amide bonds. The van der Waals surface area contributed by atoms with E-state index in [0.29, 0.717) is 26.4 Å². The maximum absolute atomic E-state index is 13.1. The van der Waals surface area contributed by atoms with Gasteiger partial charge in [0.1, 0.15) is 23.7 Å². The number of halogens is 1. The molecule has 27 heavy (non-hydrogen) atoms. The predicted molar refractivity (Wildman–Crippen MR) is 97.3 cm³/mol. The first-order valence-electron chi connectivity index (χ1n) is 9.00. The van der Waals surface area contributed by atoms with Crippen LogP contribution in [-0.4, -0.2) is 48.0 Å². The highest BCUT2D eigenvalue weighted by Crippen LogP contribution is 2.37. The lowest BCUT2D eigenvalue weighted by atomic mass is 9.87. The fourth-order valence-corrected chi connectivity index (χ4v) is 4.19. The molecule has 140 valence electrons. The SMILES string of the molecule is O=C1c2c(Cl)ncnc2OCCN1c1ccc2c(c1)CCC1(C2)OCCO1. The molecule has 0 saturated carbocycles. The lowest BCUT2D eigenvalue weighted by Crippen LogP contribution is -2.37. The van der Waals surface area contributed by atoms with Crippen LogP contribution in [0.1, 0.15) is 27.9 Å². The zero-order chi connectivity index (χ0) is 18.4. The number of aryl methyl sites for hydroxylation is 1. The van der Waals surface area contributed by atoms with E-state index in [0.717, 1.165) is 24.9 Å². The van der Waals surface area contributed by atoms with Crippen LogP contribution in [-0.2, 0) is 22.3 Å². The molecule has 1 spiro atoms. The van der Waals surface area contributed by atoms with Crippen molar-refractivity contribution in [1.29, 1.82) is 0 Å². The van der Waals surface area contributed by atoms with E-state index >= 15 is 0 Å². The number of rotatable bonds is 1. The van der Waals surface area contributed by atoms with E-state index in [2.05, 4.69) is 22.1 Å². The first-order chi connectivity index (χ1) is 13.2. The molecule has 8 heteroatoms. The second-order valence-corrected chi connectivity index (χ2v) is 7.25. The molecule has 1 aromatic carbocycles. The zero-order valence-corrected chi connectivity index (χ0v) is 15.4. The molecule has 0 radical (unpaired) electrons. The second-order valence-electron chi connectivity index (χ2n) is 6.89. The minimum atomic E-state index is -0.468. The summed E-state index contributed by atoms with van der Waals surface area (Å²) in [6.07, 6.45) is 3.71. The fourth-order valence-electron chi connectivity index (χ4n) is 3.99. The Kier molecular flexibility index (Phi) is 4.03. The third-order valence-electron chi connectivity index (χ3n) is 5.33. The minimum Gasteiger partial charge on any atom is -0.475 e. The first-order valence-corrected chi connectivity index (χ1v) is 9.38. The molecule has 0 atom stereocenters. The van der Waals surface area contributed by atoms with E-state index in [1.807, 2.05) is 6.07 Å². The summed E-state index contributed by atoms with van der Waals surface area (Å²) < 4.78 is 17.3. The average Bonchev–Trinajstić information content (AvgIpc) is 3.04. The van der Waals surface area contributed by atoms with Crippen molar-refractivity contribution in [3.05, 3.63) is 46.4 Å². The summed E-state index contributed by atoms with van der Waals surface area (Å²) >= 11 is 6.14. The fraction of sp³-hybridized carbons (Fsp3) is 0.421. The quantitative estimate of drug-likeness (QED) is 0.699. The Morgan fingerprint density at radius 3 is 2.81 bits per heavy atom. The number of hydrogen-bond acceptors (Lipinski definition) is 6. The van der Waals surface area contributed by atoms with Crippen molar-refractivity contribution in [2.45, 2.75) is 25.0 Å². The molecular formula is C19H18ClN3O4. The average molecular weight is 388 g/mol. The van der Waals surface area contributed by atoms with Crippen LogP contribution in [0.25, 0.3) is 0 Å². The highest BCUT2D eigenvalue weighted by molar-refractivity contribution is 6.33. The number of anilines is 1. The maximum Gasteiger partial charge on any atom is 0.267 e. The number of carbonyl (C=O) groups is 1. The van der Waals surface area contributed by atoms with Crippen molar-refractivity contribution in [2.75, 3.05) is 31.3 Å². The topological polar surface area (TPSA) is 73.8 Å². The predicted octanol–water partition coefficient (Wildman–Crippen LogP) is 2.40. The summed E-state index contributed by atoms with van der Waals surface area (Å²) in [4.78, 5) is 22.7. The number of ether oxygens (including phenoxy) is 3. The van der Waals surface area contributed by atoms with Gasteiger partial charge in [0.25, 0.3) is 5.91 Å². The Hall–Kier alpha value is -2.22. The summed E-state index contributed by atoms with van der Waals surface area (Å²) in [5.74, 6) is -0.481. The summed E-state index contributed by atoms with van der Waals surface area (Å²) in [6, 6.07) is 6.07. The van der Waals surface area contributed by atoms with Gasteiger partial charge < -0.3 is 19.1 Å². The van der Waals surface area contributed by atoms with Crippen molar-refractivity contribution in [1.82, 2.24) is 9.97 Å². The van der Waals surface area contributed by atoms with Gasteiger partial charge in [-0.2, -0.15) is 0 Å². The van der Waals surface area contributed by atoms with Crippen LogP contribution in [0.2, 0.25) is 5.15 Å². The van der Waals surface area contributed by atoms with Gasteiger partial charge in [0.2, 0.25) is 5.88 Å². The van der Waals surface area contributed by atoms with Crippen molar-refractivity contribution < 1.29 is 19.0 Å². The van der Waals surface area contributed by atoms with Crippen molar-refractivity contribution in [3.8, 4) is 5.88 Å². The van der Waals surface area contributed by atoms with Crippen LogP contribution >= 0.6 is 11.6 Å². The lowest BCUT2D eigenvalue weighted by Gasteiger charge is -2.33. The van der Waals surface area contributed by atoms with Crippen LogP contribution in [0.15, 0.2) is 24.5 Å². The number of benzene rings is 1. The third-order valence-corrected chi connectivity index (χ3v) is 5.62. The first kappa shape index (κ1) is 16.9. The minimum absolute atomic E-state index is 0.104. The summed E-state index contributed by atoms with van der Waals surface area (Å²) in [5.41, 5.74) is 3.44. The van der Waals surface area contributed by atoms with Crippen LogP contribution in [0.4, 0.5) is 5.69 Å².